The number of ether oxygens (including phenoxy) is 2. The molecule has 0 bridgehead atoms. The van der Waals surface area contributed by atoms with Gasteiger partial charge in [0.05, 0.1) is 16.1 Å². The summed E-state index contributed by atoms with van der Waals surface area (Å²) in [4.78, 5) is 15.4. The van der Waals surface area contributed by atoms with Crippen LogP contribution in [0.1, 0.15) is 32.6 Å². The lowest BCUT2D eigenvalue weighted by molar-refractivity contribution is 0.111. The van der Waals surface area contributed by atoms with Crippen molar-refractivity contribution in [3.63, 3.8) is 0 Å². The number of carbonyl (C=O) groups is 1. The molecule has 2 aromatic carbocycles. The summed E-state index contributed by atoms with van der Waals surface area (Å²) in [6.07, 6.45) is 3.74. The smallest absolute Gasteiger partial charge is 0.153 e. The lowest BCUT2D eigenvalue weighted by Gasteiger charge is -2.14. The highest BCUT2D eigenvalue weighted by Crippen LogP contribution is 2.34. The minimum atomic E-state index is 0.147. The Morgan fingerprint density at radius 3 is 2.72 bits per heavy atom. The Bertz CT molecular complexity index is 1100. The molecule has 0 radical (unpaired) electrons. The van der Waals surface area contributed by atoms with Gasteiger partial charge >= 0.3 is 0 Å². The Kier molecular flexibility index (Phi) is 6.86. The third-order valence-electron chi connectivity index (χ3n) is 4.16. The van der Waals surface area contributed by atoms with Crippen molar-refractivity contribution in [3.8, 4) is 17.6 Å². The number of hydrogen-bond acceptors (Lipinski definition) is 5. The standard InChI is InChI=1S/C22H16BrClN2O3/c1-14-3-2-4-17(22(14)23)13-29-21-7-20(18(11-27)6-19(21)24)28-12-16-5-15(8-25)9-26-10-16/h2-7,9-11H,12-13H2,1H3. The number of rotatable bonds is 7. The van der Waals surface area contributed by atoms with Crippen molar-refractivity contribution in [2.75, 3.05) is 0 Å². The van der Waals surface area contributed by atoms with E-state index in [1.165, 1.54) is 12.3 Å². The number of benzene rings is 2. The van der Waals surface area contributed by atoms with Crippen LogP contribution in [0.25, 0.3) is 0 Å². The molecule has 0 unspecified atom stereocenters. The molecule has 0 amide bonds. The van der Waals surface area contributed by atoms with Gasteiger partial charge in [0.1, 0.15) is 30.8 Å². The summed E-state index contributed by atoms with van der Waals surface area (Å²) >= 11 is 9.84. The Hall–Kier alpha value is -2.88. The van der Waals surface area contributed by atoms with Crippen molar-refractivity contribution in [3.05, 3.63) is 86.1 Å². The maximum Gasteiger partial charge on any atom is 0.153 e. The number of aromatic nitrogens is 1. The average Bonchev–Trinajstić information content (AvgIpc) is 2.74. The Morgan fingerprint density at radius 2 is 1.97 bits per heavy atom. The topological polar surface area (TPSA) is 72.2 Å². The summed E-state index contributed by atoms with van der Waals surface area (Å²) in [7, 11) is 0. The number of aryl methyl sites for hydroxylation is 1. The first-order chi connectivity index (χ1) is 14.0. The van der Waals surface area contributed by atoms with Gasteiger partial charge in [-0.3, -0.25) is 9.78 Å². The molecule has 0 N–H and O–H groups in total. The van der Waals surface area contributed by atoms with Gasteiger partial charge in [-0.15, -0.1) is 0 Å². The molecule has 0 saturated heterocycles. The van der Waals surface area contributed by atoms with Crippen molar-refractivity contribution in [1.82, 2.24) is 4.98 Å². The minimum Gasteiger partial charge on any atom is -0.488 e. The summed E-state index contributed by atoms with van der Waals surface area (Å²) in [5, 5.41) is 9.29. The molecular weight excluding hydrogens is 456 g/mol. The molecule has 0 aliphatic carbocycles. The Balaban J connectivity index is 1.79. The van der Waals surface area contributed by atoms with Crippen molar-refractivity contribution in [2.24, 2.45) is 0 Å². The van der Waals surface area contributed by atoms with Crippen molar-refractivity contribution < 1.29 is 14.3 Å². The first-order valence-corrected chi connectivity index (χ1v) is 9.81. The van der Waals surface area contributed by atoms with E-state index in [0.717, 1.165) is 15.6 Å². The highest BCUT2D eigenvalue weighted by molar-refractivity contribution is 9.10. The van der Waals surface area contributed by atoms with Gasteiger partial charge in [-0.1, -0.05) is 45.7 Å². The molecule has 0 fully saturated rings. The number of nitriles is 1. The number of nitrogens with zero attached hydrogens (tertiary/aromatic N) is 2. The summed E-state index contributed by atoms with van der Waals surface area (Å²) < 4.78 is 12.6. The number of pyridine rings is 1. The zero-order valence-electron chi connectivity index (χ0n) is 15.5. The molecule has 1 heterocycles. The second-order valence-corrected chi connectivity index (χ2v) is 7.46. The molecule has 1 aromatic heterocycles. The fourth-order valence-corrected chi connectivity index (χ4v) is 3.25. The van der Waals surface area contributed by atoms with E-state index in [9.17, 15) is 4.79 Å². The molecule has 0 spiro atoms. The molecule has 0 aliphatic rings. The lowest BCUT2D eigenvalue weighted by Crippen LogP contribution is -2.02. The van der Waals surface area contributed by atoms with Gasteiger partial charge in [-0.2, -0.15) is 5.26 Å². The van der Waals surface area contributed by atoms with E-state index >= 15 is 0 Å². The second kappa shape index (κ2) is 9.55. The van der Waals surface area contributed by atoms with Gasteiger partial charge in [0, 0.05) is 34.1 Å². The molecule has 0 atom stereocenters. The third kappa shape index (κ3) is 5.14. The number of aldehydes is 1. The Morgan fingerprint density at radius 1 is 1.17 bits per heavy atom. The van der Waals surface area contributed by atoms with Crippen LogP contribution in [0, 0.1) is 18.3 Å². The number of carbonyl (C=O) groups excluding carboxylic acids is 1. The monoisotopic (exact) mass is 470 g/mol. The maximum absolute atomic E-state index is 11.4. The van der Waals surface area contributed by atoms with Crippen LogP contribution in [-0.4, -0.2) is 11.3 Å². The maximum atomic E-state index is 11.4. The molecule has 29 heavy (non-hydrogen) atoms. The first kappa shape index (κ1) is 20.8. The van der Waals surface area contributed by atoms with E-state index in [2.05, 4.69) is 20.9 Å². The van der Waals surface area contributed by atoms with E-state index in [1.807, 2.05) is 31.2 Å². The number of halogens is 2. The van der Waals surface area contributed by atoms with Crippen molar-refractivity contribution in [1.29, 1.82) is 5.26 Å². The van der Waals surface area contributed by atoms with Gasteiger partial charge in [0.25, 0.3) is 0 Å². The summed E-state index contributed by atoms with van der Waals surface area (Å²) in [5.41, 5.74) is 3.53. The quantitative estimate of drug-likeness (QED) is 0.416. The fourth-order valence-electron chi connectivity index (χ4n) is 2.64. The summed E-state index contributed by atoms with van der Waals surface area (Å²) in [5.74, 6) is 0.745. The van der Waals surface area contributed by atoms with E-state index in [4.69, 9.17) is 26.3 Å². The molecule has 0 aliphatic heterocycles. The first-order valence-electron chi connectivity index (χ1n) is 8.64. The molecule has 7 heteroatoms. The van der Waals surface area contributed by atoms with Crippen LogP contribution in [0.4, 0.5) is 0 Å². The van der Waals surface area contributed by atoms with E-state index in [-0.39, 0.29) is 6.61 Å². The van der Waals surface area contributed by atoms with Crippen molar-refractivity contribution >= 4 is 33.8 Å². The molecule has 146 valence electrons. The summed E-state index contributed by atoms with van der Waals surface area (Å²) in [6.45, 7) is 2.45. The van der Waals surface area contributed by atoms with Gasteiger partial charge in [0.15, 0.2) is 6.29 Å². The normalized spacial score (nSPS) is 10.3. The van der Waals surface area contributed by atoms with E-state index < -0.39 is 0 Å². The van der Waals surface area contributed by atoms with Crippen LogP contribution >= 0.6 is 27.5 Å². The van der Waals surface area contributed by atoms with Gasteiger partial charge in [0.2, 0.25) is 0 Å². The van der Waals surface area contributed by atoms with Crippen molar-refractivity contribution in [2.45, 2.75) is 20.1 Å². The van der Waals surface area contributed by atoms with Crippen LogP contribution in [0.15, 0.2) is 53.3 Å². The van der Waals surface area contributed by atoms with Crippen LogP contribution in [0.3, 0.4) is 0 Å². The average molecular weight is 472 g/mol. The molecule has 3 aromatic rings. The zero-order chi connectivity index (χ0) is 20.8. The number of hydrogen-bond donors (Lipinski definition) is 0. The van der Waals surface area contributed by atoms with Crippen LogP contribution in [0.5, 0.6) is 11.5 Å². The molecule has 0 saturated carbocycles. The van der Waals surface area contributed by atoms with Crippen LogP contribution in [-0.2, 0) is 13.2 Å². The lowest BCUT2D eigenvalue weighted by atomic mass is 10.1. The zero-order valence-corrected chi connectivity index (χ0v) is 17.8. The highest BCUT2D eigenvalue weighted by Gasteiger charge is 2.13. The van der Waals surface area contributed by atoms with Crippen LogP contribution < -0.4 is 9.47 Å². The van der Waals surface area contributed by atoms with E-state index in [0.29, 0.717) is 46.1 Å². The second-order valence-electron chi connectivity index (χ2n) is 6.26. The highest BCUT2D eigenvalue weighted by atomic mass is 79.9. The molecular formula is C22H16BrClN2O3. The van der Waals surface area contributed by atoms with E-state index in [1.54, 1.807) is 18.3 Å². The predicted octanol–water partition coefficient (Wildman–Crippen LogP) is 5.65. The SMILES string of the molecule is Cc1cccc(COc2cc(OCc3cncc(C#N)c3)c(C=O)cc2Cl)c1Br. The largest absolute Gasteiger partial charge is 0.488 e. The summed E-state index contributed by atoms with van der Waals surface area (Å²) in [6, 6.07) is 12.7. The van der Waals surface area contributed by atoms with Gasteiger partial charge < -0.3 is 9.47 Å². The predicted molar refractivity (Wildman–Crippen MR) is 113 cm³/mol. The third-order valence-corrected chi connectivity index (χ3v) is 5.59. The minimum absolute atomic E-state index is 0.147. The fraction of sp³-hybridized carbons (Fsp3) is 0.136. The van der Waals surface area contributed by atoms with Gasteiger partial charge in [-0.05, 0) is 24.6 Å². The molecule has 5 nitrogen and oxygen atoms in total. The Labute approximate surface area is 182 Å². The van der Waals surface area contributed by atoms with Gasteiger partial charge in [-0.25, -0.2) is 0 Å². The van der Waals surface area contributed by atoms with Crippen LogP contribution in [0.2, 0.25) is 5.02 Å². The molecule has 3 rings (SSSR count).